The Balaban J connectivity index is 2.57. The van der Waals surface area contributed by atoms with Crippen LogP contribution < -0.4 is 0 Å². The number of rotatable bonds is 9. The number of carbonyl (C=O) groups is 4. The second kappa shape index (κ2) is 9.18. The van der Waals surface area contributed by atoms with Gasteiger partial charge in [-0.3, -0.25) is 0 Å². The molecule has 0 heterocycles. The highest BCUT2D eigenvalue weighted by molar-refractivity contribution is 6.03. The van der Waals surface area contributed by atoms with Crippen molar-refractivity contribution in [3.8, 4) is 0 Å². The van der Waals surface area contributed by atoms with Gasteiger partial charge in [0.1, 0.15) is 6.61 Å². The third kappa shape index (κ3) is 5.74. The first-order valence-electron chi connectivity index (χ1n) is 6.89. The fraction of sp³-hybridized carbons (Fsp3) is 0.250. The summed E-state index contributed by atoms with van der Waals surface area (Å²) < 4.78 is 14.4. The number of hydrogen-bond donors (Lipinski definition) is 2. The lowest BCUT2D eigenvalue weighted by Crippen LogP contribution is -2.15. The fourth-order valence-electron chi connectivity index (χ4n) is 1.71. The van der Waals surface area contributed by atoms with E-state index in [9.17, 15) is 19.2 Å². The van der Waals surface area contributed by atoms with E-state index < -0.39 is 35.0 Å². The van der Waals surface area contributed by atoms with Crippen molar-refractivity contribution < 1.29 is 43.6 Å². The molecule has 0 spiro atoms. The van der Waals surface area contributed by atoms with E-state index in [1.807, 2.05) is 0 Å². The molecule has 0 bridgehead atoms. The smallest absolute Gasteiger partial charge is 0.338 e. The first-order chi connectivity index (χ1) is 11.8. The highest BCUT2D eigenvalue weighted by atomic mass is 16.6. The number of esters is 2. The molecule has 1 aromatic carbocycles. The number of benzene rings is 1. The van der Waals surface area contributed by atoms with E-state index in [4.69, 9.17) is 19.7 Å². The lowest BCUT2D eigenvalue weighted by Gasteiger charge is -2.08. The summed E-state index contributed by atoms with van der Waals surface area (Å²) in [6.07, 6.45) is 0. The Labute approximate surface area is 142 Å². The number of methoxy groups -OCH3 is 1. The van der Waals surface area contributed by atoms with Crippen molar-refractivity contribution in [3.05, 3.63) is 47.0 Å². The predicted molar refractivity (Wildman–Crippen MR) is 82.6 cm³/mol. The summed E-state index contributed by atoms with van der Waals surface area (Å²) in [6, 6.07) is 3.09. The van der Waals surface area contributed by atoms with Gasteiger partial charge in [0.15, 0.2) is 0 Å². The van der Waals surface area contributed by atoms with Gasteiger partial charge >= 0.3 is 23.9 Å². The van der Waals surface area contributed by atoms with Crippen LogP contribution in [0.25, 0.3) is 0 Å². The molecule has 0 saturated carbocycles. The summed E-state index contributed by atoms with van der Waals surface area (Å²) in [5.41, 5.74) is -0.966. The first-order valence-corrected chi connectivity index (χ1v) is 6.89. The molecule has 9 heteroatoms. The molecule has 0 aromatic heterocycles. The van der Waals surface area contributed by atoms with E-state index in [0.717, 1.165) is 18.2 Å². The first kappa shape index (κ1) is 19.8. The fourth-order valence-corrected chi connectivity index (χ4v) is 1.71. The van der Waals surface area contributed by atoms with Crippen molar-refractivity contribution in [2.24, 2.45) is 0 Å². The summed E-state index contributed by atoms with van der Waals surface area (Å²) in [5, 5.41) is 17.9. The van der Waals surface area contributed by atoms with E-state index >= 15 is 0 Å². The summed E-state index contributed by atoms with van der Waals surface area (Å²) >= 11 is 0. The molecule has 0 radical (unpaired) electrons. The third-order valence-corrected chi connectivity index (χ3v) is 2.93. The second-order valence-corrected chi connectivity index (χ2v) is 4.65. The summed E-state index contributed by atoms with van der Waals surface area (Å²) in [6.45, 7) is 3.16. The van der Waals surface area contributed by atoms with Gasteiger partial charge in [0.05, 0.1) is 42.6 Å². The lowest BCUT2D eigenvalue weighted by molar-refractivity contribution is -0.136. The van der Waals surface area contributed by atoms with Gasteiger partial charge in [0.25, 0.3) is 0 Å². The van der Waals surface area contributed by atoms with Gasteiger partial charge in [-0.1, -0.05) is 6.58 Å². The van der Waals surface area contributed by atoms with Crippen LogP contribution in [-0.4, -0.2) is 61.0 Å². The molecule has 0 unspecified atom stereocenters. The third-order valence-electron chi connectivity index (χ3n) is 2.93. The highest BCUT2D eigenvalue weighted by Gasteiger charge is 2.19. The molecule has 0 fully saturated rings. The number of carboxylic acid groups (broad SMARTS) is 2. The van der Waals surface area contributed by atoms with Crippen LogP contribution in [0.3, 0.4) is 0 Å². The topological polar surface area (TPSA) is 136 Å². The molecule has 9 nitrogen and oxygen atoms in total. The molecular formula is C16H16O9. The molecular weight excluding hydrogens is 336 g/mol. The largest absolute Gasteiger partial charge is 0.478 e. The predicted octanol–water partition coefficient (Wildman–Crippen LogP) is 0.986. The van der Waals surface area contributed by atoms with Gasteiger partial charge in [0.2, 0.25) is 0 Å². The monoisotopic (exact) mass is 352 g/mol. The van der Waals surface area contributed by atoms with Crippen molar-refractivity contribution in [1.82, 2.24) is 0 Å². The maximum absolute atomic E-state index is 11.8. The van der Waals surface area contributed by atoms with Crippen molar-refractivity contribution >= 4 is 23.9 Å². The maximum Gasteiger partial charge on any atom is 0.338 e. The average molecular weight is 352 g/mol. The van der Waals surface area contributed by atoms with Gasteiger partial charge in [-0.05, 0) is 18.2 Å². The van der Waals surface area contributed by atoms with E-state index in [-0.39, 0.29) is 31.0 Å². The van der Waals surface area contributed by atoms with Crippen LogP contribution in [0.4, 0.5) is 0 Å². The number of hydrogen-bond acceptors (Lipinski definition) is 7. The molecule has 0 amide bonds. The number of carboxylic acids is 2. The van der Waals surface area contributed by atoms with Crippen LogP contribution in [0.15, 0.2) is 30.4 Å². The summed E-state index contributed by atoms with van der Waals surface area (Å²) in [4.78, 5) is 44.9. The molecule has 2 N–H and O–H groups in total. The Morgan fingerprint density at radius 3 is 2.24 bits per heavy atom. The van der Waals surface area contributed by atoms with E-state index in [1.165, 1.54) is 7.11 Å². The standard InChI is InChI=1S/C16H16O9/c1-9(15(21)23-2)8-24-5-6-25-16(22)10-3-4-11(13(17)18)12(7-10)14(19)20/h3-4,7H,1,5-6,8H2,2H3,(H,17,18)(H,19,20). The molecule has 0 saturated heterocycles. The molecule has 0 aliphatic carbocycles. The van der Waals surface area contributed by atoms with Crippen molar-refractivity contribution in [3.63, 3.8) is 0 Å². The van der Waals surface area contributed by atoms with Crippen LogP contribution in [0, 0.1) is 0 Å². The Morgan fingerprint density at radius 2 is 1.68 bits per heavy atom. The van der Waals surface area contributed by atoms with Crippen LogP contribution in [0.2, 0.25) is 0 Å². The van der Waals surface area contributed by atoms with Crippen LogP contribution in [0.5, 0.6) is 0 Å². The van der Waals surface area contributed by atoms with Gasteiger partial charge < -0.3 is 24.4 Å². The molecule has 1 rings (SSSR count). The second-order valence-electron chi connectivity index (χ2n) is 4.65. The van der Waals surface area contributed by atoms with Crippen LogP contribution in [-0.2, 0) is 19.0 Å². The van der Waals surface area contributed by atoms with Crippen LogP contribution >= 0.6 is 0 Å². The van der Waals surface area contributed by atoms with Crippen molar-refractivity contribution in [2.75, 3.05) is 26.9 Å². The Morgan fingerprint density at radius 1 is 1.04 bits per heavy atom. The quantitative estimate of drug-likeness (QED) is 0.378. The average Bonchev–Trinajstić information content (AvgIpc) is 2.59. The van der Waals surface area contributed by atoms with E-state index in [1.54, 1.807) is 0 Å². The minimum atomic E-state index is -1.48. The van der Waals surface area contributed by atoms with Crippen molar-refractivity contribution in [2.45, 2.75) is 0 Å². The SMILES string of the molecule is C=C(COCCOC(=O)c1ccc(C(=O)O)c(C(=O)O)c1)C(=O)OC. The normalized spacial score (nSPS) is 9.96. The molecule has 1 aromatic rings. The zero-order chi connectivity index (χ0) is 19.0. The Hall–Kier alpha value is -3.20. The Kier molecular flexibility index (Phi) is 7.29. The van der Waals surface area contributed by atoms with Gasteiger partial charge in [0, 0.05) is 0 Å². The molecule has 0 aliphatic rings. The lowest BCUT2D eigenvalue weighted by atomic mass is 10.0. The number of ether oxygens (including phenoxy) is 3. The van der Waals surface area contributed by atoms with Crippen molar-refractivity contribution in [1.29, 1.82) is 0 Å². The molecule has 0 atom stereocenters. The maximum atomic E-state index is 11.8. The van der Waals surface area contributed by atoms with Gasteiger partial charge in [-0.25, -0.2) is 19.2 Å². The van der Waals surface area contributed by atoms with Gasteiger partial charge in [-0.15, -0.1) is 0 Å². The molecule has 0 aliphatic heterocycles. The Bertz CT molecular complexity index is 706. The summed E-state index contributed by atoms with van der Waals surface area (Å²) in [7, 11) is 1.20. The van der Waals surface area contributed by atoms with Gasteiger partial charge in [-0.2, -0.15) is 0 Å². The van der Waals surface area contributed by atoms with E-state index in [2.05, 4.69) is 11.3 Å². The molecule has 134 valence electrons. The summed E-state index contributed by atoms with van der Waals surface area (Å²) in [5.74, 6) is -4.35. The number of carbonyl (C=O) groups excluding carboxylic acids is 2. The zero-order valence-corrected chi connectivity index (χ0v) is 13.3. The van der Waals surface area contributed by atoms with E-state index in [0.29, 0.717) is 0 Å². The highest BCUT2D eigenvalue weighted by Crippen LogP contribution is 2.13. The minimum Gasteiger partial charge on any atom is -0.478 e. The zero-order valence-electron chi connectivity index (χ0n) is 13.3. The van der Waals surface area contributed by atoms with Crippen LogP contribution in [0.1, 0.15) is 31.1 Å². The minimum absolute atomic E-state index is 0.0270. The molecule has 25 heavy (non-hydrogen) atoms. The number of aromatic carboxylic acids is 2.